The Balaban J connectivity index is 2.23. The van der Waals surface area contributed by atoms with E-state index in [2.05, 4.69) is 51.2 Å². The Morgan fingerprint density at radius 2 is 2.05 bits per heavy atom. The second kappa shape index (κ2) is 6.18. The summed E-state index contributed by atoms with van der Waals surface area (Å²) in [5.41, 5.74) is 2.79. The maximum absolute atomic E-state index is 11.5. The topological polar surface area (TPSA) is 49.3 Å². The fourth-order valence-electron chi connectivity index (χ4n) is 3.34. The van der Waals surface area contributed by atoms with Gasteiger partial charge in [-0.1, -0.05) is 52.0 Å². The molecule has 0 heterocycles. The van der Waals surface area contributed by atoms with Crippen LogP contribution in [0, 0.1) is 5.92 Å². The Bertz CT molecular complexity index is 508. The van der Waals surface area contributed by atoms with Crippen LogP contribution in [0.2, 0.25) is 0 Å². The zero-order valence-corrected chi connectivity index (χ0v) is 13.5. The minimum Gasteiger partial charge on any atom is -0.480 e. The monoisotopic (exact) mass is 289 g/mol. The molecule has 1 aliphatic carbocycles. The number of carboxylic acids is 1. The molecule has 2 rings (SSSR count). The zero-order valence-electron chi connectivity index (χ0n) is 13.5. The third-order valence-electron chi connectivity index (χ3n) is 4.53. The first-order chi connectivity index (χ1) is 9.81. The van der Waals surface area contributed by atoms with Gasteiger partial charge < -0.3 is 5.11 Å². The fraction of sp³-hybridized carbons (Fsp3) is 0.611. The van der Waals surface area contributed by atoms with Gasteiger partial charge in [0.05, 0.1) is 0 Å². The molecule has 0 fully saturated rings. The average Bonchev–Trinajstić information content (AvgIpc) is 2.40. The van der Waals surface area contributed by atoms with Crippen molar-refractivity contribution >= 4 is 5.97 Å². The largest absolute Gasteiger partial charge is 0.480 e. The summed E-state index contributed by atoms with van der Waals surface area (Å²) in [6, 6.07) is 8.13. The Morgan fingerprint density at radius 3 is 2.67 bits per heavy atom. The standard InChI is InChI=1S/C18H27NO2/c1-12(2)11-16(17(20)21)19-15-9-10-18(3,4)14-8-6-5-7-13(14)15/h5-8,12,15-16,19H,9-11H2,1-4H3,(H,20,21). The number of nitrogens with one attached hydrogen (secondary N) is 1. The van der Waals surface area contributed by atoms with Crippen LogP contribution in [-0.2, 0) is 10.2 Å². The second-order valence-corrected chi connectivity index (χ2v) is 7.25. The predicted molar refractivity (Wildman–Crippen MR) is 85.5 cm³/mol. The molecule has 0 aliphatic heterocycles. The molecule has 0 amide bonds. The first kappa shape index (κ1) is 16.0. The molecule has 3 nitrogen and oxygen atoms in total. The van der Waals surface area contributed by atoms with Crippen molar-refractivity contribution in [1.29, 1.82) is 0 Å². The van der Waals surface area contributed by atoms with Gasteiger partial charge in [0.1, 0.15) is 6.04 Å². The van der Waals surface area contributed by atoms with Crippen molar-refractivity contribution in [2.75, 3.05) is 0 Å². The van der Waals surface area contributed by atoms with Crippen molar-refractivity contribution in [2.45, 2.75) is 64.5 Å². The molecule has 1 aromatic carbocycles. The molecule has 116 valence electrons. The van der Waals surface area contributed by atoms with Crippen LogP contribution in [0.25, 0.3) is 0 Å². The Kier molecular flexibility index (Phi) is 4.72. The van der Waals surface area contributed by atoms with E-state index >= 15 is 0 Å². The molecule has 1 aliphatic rings. The summed E-state index contributed by atoms with van der Waals surface area (Å²) in [6.45, 7) is 8.67. The second-order valence-electron chi connectivity index (χ2n) is 7.25. The van der Waals surface area contributed by atoms with E-state index in [1.807, 2.05) is 6.07 Å². The van der Waals surface area contributed by atoms with Gasteiger partial charge >= 0.3 is 5.97 Å². The third-order valence-corrected chi connectivity index (χ3v) is 4.53. The van der Waals surface area contributed by atoms with Gasteiger partial charge in [0.25, 0.3) is 0 Å². The third kappa shape index (κ3) is 3.65. The van der Waals surface area contributed by atoms with E-state index in [9.17, 15) is 9.90 Å². The van der Waals surface area contributed by atoms with E-state index in [1.54, 1.807) is 0 Å². The fourth-order valence-corrected chi connectivity index (χ4v) is 3.34. The molecular weight excluding hydrogens is 262 g/mol. The minimum absolute atomic E-state index is 0.147. The lowest BCUT2D eigenvalue weighted by molar-refractivity contribution is -0.140. The molecule has 3 heteroatoms. The van der Waals surface area contributed by atoms with E-state index in [0.717, 1.165) is 12.8 Å². The van der Waals surface area contributed by atoms with Crippen LogP contribution in [0.1, 0.15) is 64.1 Å². The lowest BCUT2D eigenvalue weighted by Gasteiger charge is -2.38. The highest BCUT2D eigenvalue weighted by molar-refractivity contribution is 5.73. The number of fused-ring (bicyclic) bond motifs is 1. The van der Waals surface area contributed by atoms with Gasteiger partial charge in [-0.15, -0.1) is 0 Å². The van der Waals surface area contributed by atoms with Crippen molar-refractivity contribution in [3.8, 4) is 0 Å². The number of rotatable bonds is 5. The SMILES string of the molecule is CC(C)CC(NC1CCC(C)(C)c2ccccc21)C(=O)O. The summed E-state index contributed by atoms with van der Waals surface area (Å²) in [7, 11) is 0. The number of aliphatic carboxylic acids is 1. The van der Waals surface area contributed by atoms with Gasteiger partial charge in [-0.25, -0.2) is 0 Å². The molecule has 0 bridgehead atoms. The van der Waals surface area contributed by atoms with Crippen LogP contribution in [-0.4, -0.2) is 17.1 Å². The minimum atomic E-state index is -0.744. The lowest BCUT2D eigenvalue weighted by Crippen LogP contribution is -2.42. The summed E-state index contributed by atoms with van der Waals surface area (Å²) < 4.78 is 0. The summed E-state index contributed by atoms with van der Waals surface area (Å²) >= 11 is 0. The number of hydrogen-bond acceptors (Lipinski definition) is 2. The van der Waals surface area contributed by atoms with Gasteiger partial charge in [0, 0.05) is 6.04 Å². The first-order valence-corrected chi connectivity index (χ1v) is 7.89. The van der Waals surface area contributed by atoms with Crippen LogP contribution in [0.15, 0.2) is 24.3 Å². The lowest BCUT2D eigenvalue weighted by atomic mass is 9.71. The normalized spacial score (nSPS) is 21.9. The molecule has 0 radical (unpaired) electrons. The Labute approximate surface area is 127 Å². The molecule has 2 atom stereocenters. The van der Waals surface area contributed by atoms with Gasteiger partial charge in [-0.2, -0.15) is 0 Å². The molecule has 0 aromatic heterocycles. The van der Waals surface area contributed by atoms with Crippen LogP contribution in [0.4, 0.5) is 0 Å². The van der Waals surface area contributed by atoms with Crippen LogP contribution in [0.5, 0.6) is 0 Å². The highest BCUT2D eigenvalue weighted by atomic mass is 16.4. The number of carboxylic acid groups (broad SMARTS) is 1. The Morgan fingerprint density at radius 1 is 1.38 bits per heavy atom. The maximum atomic E-state index is 11.5. The van der Waals surface area contributed by atoms with E-state index in [1.165, 1.54) is 11.1 Å². The average molecular weight is 289 g/mol. The summed E-state index contributed by atoms with van der Waals surface area (Å²) in [5, 5.41) is 12.8. The van der Waals surface area contributed by atoms with Crippen molar-refractivity contribution in [3.63, 3.8) is 0 Å². The maximum Gasteiger partial charge on any atom is 0.320 e. The van der Waals surface area contributed by atoms with Crippen LogP contribution >= 0.6 is 0 Å². The summed E-state index contributed by atoms with van der Waals surface area (Å²) in [4.78, 5) is 11.5. The summed E-state index contributed by atoms with van der Waals surface area (Å²) in [5.74, 6) is -0.375. The predicted octanol–water partition coefficient (Wildman–Crippen LogP) is 3.89. The molecule has 0 saturated heterocycles. The molecule has 2 N–H and O–H groups in total. The van der Waals surface area contributed by atoms with Gasteiger partial charge in [-0.05, 0) is 41.7 Å². The van der Waals surface area contributed by atoms with Crippen LogP contribution < -0.4 is 5.32 Å². The van der Waals surface area contributed by atoms with Gasteiger partial charge in [0.15, 0.2) is 0 Å². The number of hydrogen-bond donors (Lipinski definition) is 2. The van der Waals surface area contributed by atoms with Crippen molar-refractivity contribution in [3.05, 3.63) is 35.4 Å². The van der Waals surface area contributed by atoms with Crippen molar-refractivity contribution in [2.24, 2.45) is 5.92 Å². The molecule has 0 spiro atoms. The molecule has 2 unspecified atom stereocenters. The van der Waals surface area contributed by atoms with Gasteiger partial charge in [0.2, 0.25) is 0 Å². The van der Waals surface area contributed by atoms with E-state index in [4.69, 9.17) is 0 Å². The van der Waals surface area contributed by atoms with E-state index < -0.39 is 12.0 Å². The number of carbonyl (C=O) groups is 1. The van der Waals surface area contributed by atoms with Gasteiger partial charge in [-0.3, -0.25) is 10.1 Å². The zero-order chi connectivity index (χ0) is 15.6. The van der Waals surface area contributed by atoms with Crippen LogP contribution in [0.3, 0.4) is 0 Å². The molecule has 0 saturated carbocycles. The quantitative estimate of drug-likeness (QED) is 0.864. The van der Waals surface area contributed by atoms with Crippen molar-refractivity contribution in [1.82, 2.24) is 5.32 Å². The summed E-state index contributed by atoms with van der Waals surface area (Å²) in [6.07, 6.45) is 2.74. The molecular formula is C18H27NO2. The van der Waals surface area contributed by atoms with E-state index in [0.29, 0.717) is 12.3 Å². The smallest absolute Gasteiger partial charge is 0.320 e. The molecule has 21 heavy (non-hydrogen) atoms. The van der Waals surface area contributed by atoms with E-state index in [-0.39, 0.29) is 11.5 Å². The first-order valence-electron chi connectivity index (χ1n) is 7.89. The number of benzene rings is 1. The Hall–Kier alpha value is -1.35. The molecule has 1 aromatic rings. The highest BCUT2D eigenvalue weighted by Crippen LogP contribution is 2.41. The highest BCUT2D eigenvalue weighted by Gasteiger charge is 2.34. The van der Waals surface area contributed by atoms with Crippen molar-refractivity contribution < 1.29 is 9.90 Å².